The van der Waals surface area contributed by atoms with Crippen LogP contribution in [0.5, 0.6) is 0 Å². The number of aromatic carboxylic acids is 1. The van der Waals surface area contributed by atoms with E-state index >= 15 is 0 Å². The lowest BCUT2D eigenvalue weighted by molar-refractivity contribution is 0.0696. The maximum Gasteiger partial charge on any atom is 0.335 e. The van der Waals surface area contributed by atoms with Crippen LogP contribution in [0.25, 0.3) is 0 Å². The van der Waals surface area contributed by atoms with Crippen molar-refractivity contribution in [2.24, 2.45) is 0 Å². The van der Waals surface area contributed by atoms with Gasteiger partial charge in [0.1, 0.15) is 5.69 Å². The zero-order valence-electron chi connectivity index (χ0n) is 16.3. The Kier molecular flexibility index (Phi) is 5.90. The molecule has 0 fully saturated rings. The van der Waals surface area contributed by atoms with Crippen molar-refractivity contribution in [3.63, 3.8) is 0 Å². The molecule has 0 atom stereocenters. The minimum Gasteiger partial charge on any atom is -0.478 e. The summed E-state index contributed by atoms with van der Waals surface area (Å²) in [5.74, 6) is -0.367. The van der Waals surface area contributed by atoms with Crippen molar-refractivity contribution < 1.29 is 14.7 Å². The van der Waals surface area contributed by atoms with Crippen LogP contribution in [0, 0.1) is 0 Å². The summed E-state index contributed by atoms with van der Waals surface area (Å²) in [6.07, 6.45) is 0. The minimum atomic E-state index is -0.988. The summed E-state index contributed by atoms with van der Waals surface area (Å²) in [5.41, 5.74) is 4.74. The fourth-order valence-electron chi connectivity index (χ4n) is 3.29. The molecule has 0 bridgehead atoms. The summed E-state index contributed by atoms with van der Waals surface area (Å²) in [5, 5.41) is 11.9. The summed E-state index contributed by atoms with van der Waals surface area (Å²) in [6, 6.07) is 6.17. The lowest BCUT2D eigenvalue weighted by atomic mass is 9.88. The summed E-state index contributed by atoms with van der Waals surface area (Å²) in [6.45, 7) is 12.7. The number of carboxylic acid groups (broad SMARTS) is 1. The maximum absolute atomic E-state index is 12.9. The molecular weight excluding hydrogens is 328 g/mol. The van der Waals surface area contributed by atoms with Gasteiger partial charge in [0, 0.05) is 11.4 Å². The molecule has 0 saturated carbocycles. The summed E-state index contributed by atoms with van der Waals surface area (Å²) in [4.78, 5) is 27.2. The molecule has 0 unspecified atom stereocenters. The molecule has 0 spiro atoms. The van der Waals surface area contributed by atoms with Gasteiger partial charge in [0.05, 0.1) is 5.56 Å². The highest BCUT2D eigenvalue weighted by molar-refractivity contribution is 6.04. The zero-order chi connectivity index (χ0) is 19.6. The SMILES string of the molecule is CC(C)c1[nH]c(C(=O)Nc2ccc(C(=O)O)cc2)c(C(C)C)c1C(C)C. The van der Waals surface area contributed by atoms with Crippen molar-refractivity contribution in [3.8, 4) is 0 Å². The summed E-state index contributed by atoms with van der Waals surface area (Å²) < 4.78 is 0. The predicted molar refractivity (Wildman–Crippen MR) is 104 cm³/mol. The van der Waals surface area contributed by atoms with Gasteiger partial charge in [-0.25, -0.2) is 4.79 Å². The van der Waals surface area contributed by atoms with Crippen molar-refractivity contribution in [2.75, 3.05) is 5.32 Å². The topological polar surface area (TPSA) is 82.2 Å². The normalized spacial score (nSPS) is 11.4. The fourth-order valence-corrected chi connectivity index (χ4v) is 3.29. The average molecular weight is 356 g/mol. The highest BCUT2D eigenvalue weighted by Gasteiger charge is 2.26. The number of benzene rings is 1. The number of carbonyl (C=O) groups excluding carboxylic acids is 1. The van der Waals surface area contributed by atoms with E-state index in [4.69, 9.17) is 5.11 Å². The van der Waals surface area contributed by atoms with E-state index in [2.05, 4.69) is 51.8 Å². The van der Waals surface area contributed by atoms with Crippen molar-refractivity contribution in [2.45, 2.75) is 59.3 Å². The van der Waals surface area contributed by atoms with Gasteiger partial charge in [0.25, 0.3) is 5.91 Å². The number of nitrogens with one attached hydrogen (secondary N) is 2. The van der Waals surface area contributed by atoms with Gasteiger partial charge in [-0.1, -0.05) is 41.5 Å². The smallest absolute Gasteiger partial charge is 0.335 e. The first-order chi connectivity index (χ1) is 12.1. The second kappa shape index (κ2) is 7.77. The Balaban J connectivity index is 2.41. The van der Waals surface area contributed by atoms with Gasteiger partial charge in [0.2, 0.25) is 0 Å². The van der Waals surface area contributed by atoms with E-state index in [1.807, 2.05) is 0 Å². The zero-order valence-corrected chi connectivity index (χ0v) is 16.3. The van der Waals surface area contributed by atoms with Crippen LogP contribution in [0.15, 0.2) is 24.3 Å². The van der Waals surface area contributed by atoms with Crippen molar-refractivity contribution in [3.05, 3.63) is 52.3 Å². The Morgan fingerprint density at radius 1 is 0.885 bits per heavy atom. The third-order valence-corrected chi connectivity index (χ3v) is 4.46. The maximum atomic E-state index is 12.9. The molecule has 0 aliphatic heterocycles. The van der Waals surface area contributed by atoms with Crippen LogP contribution in [0.3, 0.4) is 0 Å². The molecule has 1 amide bonds. The van der Waals surface area contributed by atoms with Crippen molar-refractivity contribution in [1.29, 1.82) is 0 Å². The second-order valence-corrected chi connectivity index (χ2v) is 7.54. The van der Waals surface area contributed by atoms with E-state index in [-0.39, 0.29) is 17.4 Å². The number of H-pyrrole nitrogens is 1. The number of carbonyl (C=O) groups is 2. The van der Waals surface area contributed by atoms with E-state index < -0.39 is 5.97 Å². The van der Waals surface area contributed by atoms with Gasteiger partial charge in [0.15, 0.2) is 0 Å². The van der Waals surface area contributed by atoms with Crippen LogP contribution in [0.4, 0.5) is 5.69 Å². The third kappa shape index (κ3) is 3.98. The van der Waals surface area contributed by atoms with Gasteiger partial charge < -0.3 is 15.4 Å². The third-order valence-electron chi connectivity index (χ3n) is 4.46. The molecule has 140 valence electrons. The van der Waals surface area contributed by atoms with Crippen LogP contribution < -0.4 is 5.32 Å². The number of aromatic nitrogens is 1. The van der Waals surface area contributed by atoms with Crippen LogP contribution >= 0.6 is 0 Å². The average Bonchev–Trinajstić information content (AvgIpc) is 2.96. The lowest BCUT2D eigenvalue weighted by Gasteiger charge is -2.15. The van der Waals surface area contributed by atoms with Gasteiger partial charge in [-0.05, 0) is 53.1 Å². The number of hydrogen-bond donors (Lipinski definition) is 3. The largest absolute Gasteiger partial charge is 0.478 e. The molecule has 1 aromatic carbocycles. The van der Waals surface area contributed by atoms with E-state index in [1.54, 1.807) is 12.1 Å². The van der Waals surface area contributed by atoms with E-state index in [9.17, 15) is 9.59 Å². The molecule has 0 aliphatic carbocycles. The highest BCUT2D eigenvalue weighted by Crippen LogP contribution is 2.36. The number of aromatic amines is 1. The number of anilines is 1. The number of amides is 1. The first-order valence-corrected chi connectivity index (χ1v) is 9.03. The summed E-state index contributed by atoms with van der Waals surface area (Å²) in [7, 11) is 0. The Morgan fingerprint density at radius 2 is 1.42 bits per heavy atom. The Hall–Kier alpha value is -2.56. The molecule has 0 radical (unpaired) electrons. The predicted octanol–water partition coefficient (Wildman–Crippen LogP) is 5.34. The van der Waals surface area contributed by atoms with E-state index in [0.717, 1.165) is 11.3 Å². The van der Waals surface area contributed by atoms with Crippen LogP contribution in [-0.4, -0.2) is 22.0 Å². The highest BCUT2D eigenvalue weighted by atomic mass is 16.4. The quantitative estimate of drug-likeness (QED) is 0.654. The molecular formula is C21H28N2O3. The Morgan fingerprint density at radius 3 is 1.85 bits per heavy atom. The molecule has 5 nitrogen and oxygen atoms in total. The Bertz CT molecular complexity index is 799. The van der Waals surface area contributed by atoms with E-state index in [1.165, 1.54) is 17.7 Å². The monoisotopic (exact) mass is 356 g/mol. The first-order valence-electron chi connectivity index (χ1n) is 9.03. The van der Waals surface area contributed by atoms with Gasteiger partial charge in [-0.2, -0.15) is 0 Å². The Labute approximate surface area is 154 Å². The molecule has 5 heteroatoms. The molecule has 0 saturated heterocycles. The molecule has 2 rings (SSSR count). The first kappa shape index (κ1) is 19.8. The minimum absolute atomic E-state index is 0.190. The van der Waals surface area contributed by atoms with E-state index in [0.29, 0.717) is 23.2 Å². The fraction of sp³-hybridized carbons (Fsp3) is 0.429. The molecule has 2 aromatic rings. The van der Waals surface area contributed by atoms with Gasteiger partial charge >= 0.3 is 5.97 Å². The van der Waals surface area contributed by atoms with Crippen LogP contribution in [-0.2, 0) is 0 Å². The molecule has 3 N–H and O–H groups in total. The van der Waals surface area contributed by atoms with Gasteiger partial charge in [-0.3, -0.25) is 4.79 Å². The number of rotatable bonds is 6. The van der Waals surface area contributed by atoms with Crippen LogP contribution in [0.1, 0.15) is 97.0 Å². The lowest BCUT2D eigenvalue weighted by Crippen LogP contribution is -2.15. The molecule has 1 aromatic heterocycles. The summed E-state index contributed by atoms with van der Waals surface area (Å²) >= 11 is 0. The molecule has 26 heavy (non-hydrogen) atoms. The standard InChI is InChI=1S/C21H28N2O3/c1-11(2)16-17(12(3)4)19(23-18(16)13(5)6)20(24)22-15-9-7-14(8-10-15)21(25)26/h7-13,23H,1-6H3,(H,22,24)(H,25,26). The molecule has 1 heterocycles. The van der Waals surface area contributed by atoms with Crippen LogP contribution in [0.2, 0.25) is 0 Å². The molecule has 0 aliphatic rings. The number of carboxylic acids is 1. The van der Waals surface area contributed by atoms with Crippen molar-refractivity contribution in [1.82, 2.24) is 4.98 Å². The van der Waals surface area contributed by atoms with Gasteiger partial charge in [-0.15, -0.1) is 0 Å². The number of hydrogen-bond acceptors (Lipinski definition) is 2. The second-order valence-electron chi connectivity index (χ2n) is 7.54. The van der Waals surface area contributed by atoms with Crippen molar-refractivity contribution >= 4 is 17.6 Å².